The highest BCUT2D eigenvalue weighted by atomic mass is 31.2. The molecule has 400 valence electrons. The Labute approximate surface area is 421 Å². The minimum Gasteiger partial charge on any atom is -0.756 e. The molecule has 0 aliphatic rings. The lowest BCUT2D eigenvalue weighted by molar-refractivity contribution is -0.870. The molecule has 3 atom stereocenters. The molecule has 0 saturated heterocycles. The quantitative estimate of drug-likeness (QED) is 0.0212. The number of hydrogen-bond acceptors (Lipinski definition) is 7. The van der Waals surface area contributed by atoms with E-state index in [9.17, 15) is 19.0 Å². The van der Waals surface area contributed by atoms with E-state index in [1.165, 1.54) is 154 Å². The van der Waals surface area contributed by atoms with Crippen LogP contribution in [0.4, 0.5) is 0 Å². The molecule has 1 N–H and O–H groups in total. The van der Waals surface area contributed by atoms with Gasteiger partial charge in [-0.05, 0) is 76.7 Å². The molecule has 0 spiro atoms. The van der Waals surface area contributed by atoms with E-state index < -0.39 is 20.0 Å². The number of likely N-dealkylation sites (N-methyl/N-ethyl adjacent to an activating group) is 1. The van der Waals surface area contributed by atoms with Gasteiger partial charge in [-0.25, -0.2) is 0 Å². The Balaban J connectivity index is 5.27. The van der Waals surface area contributed by atoms with Gasteiger partial charge >= 0.3 is 5.97 Å². The third kappa shape index (κ3) is 49.2. The van der Waals surface area contributed by atoms with Gasteiger partial charge in [-0.1, -0.05) is 218 Å². The van der Waals surface area contributed by atoms with E-state index >= 15 is 0 Å². The van der Waals surface area contributed by atoms with Crippen LogP contribution in [0.25, 0.3) is 0 Å². The van der Waals surface area contributed by atoms with Gasteiger partial charge < -0.3 is 28.5 Å². The molecule has 0 rings (SSSR count). The summed E-state index contributed by atoms with van der Waals surface area (Å²) >= 11 is 0. The third-order valence-electron chi connectivity index (χ3n) is 12.8. The van der Waals surface area contributed by atoms with Gasteiger partial charge in [-0.3, -0.25) is 14.2 Å². The number of carbonyl (C=O) groups is 2. The average Bonchev–Trinajstić information content (AvgIpc) is 3.29. The van der Waals surface area contributed by atoms with Crippen molar-refractivity contribution in [2.24, 2.45) is 0 Å². The molecular formula is C58H111N2O7P. The van der Waals surface area contributed by atoms with Gasteiger partial charge in [-0.15, -0.1) is 0 Å². The molecule has 0 bridgehead atoms. The number of nitrogens with one attached hydrogen (secondary N) is 1. The molecule has 68 heavy (non-hydrogen) atoms. The van der Waals surface area contributed by atoms with E-state index in [2.05, 4.69) is 50.4 Å². The van der Waals surface area contributed by atoms with Gasteiger partial charge in [0.1, 0.15) is 19.3 Å². The van der Waals surface area contributed by atoms with Gasteiger partial charge in [0.05, 0.1) is 33.8 Å². The maximum absolute atomic E-state index is 13.4. The van der Waals surface area contributed by atoms with Crippen molar-refractivity contribution in [3.63, 3.8) is 0 Å². The Hall–Kier alpha value is -1.77. The van der Waals surface area contributed by atoms with Crippen LogP contribution in [0.3, 0.4) is 0 Å². The minimum absolute atomic E-state index is 0.0229. The van der Waals surface area contributed by atoms with E-state index in [1.807, 2.05) is 33.3 Å². The Morgan fingerprint density at radius 2 is 0.868 bits per heavy atom. The van der Waals surface area contributed by atoms with E-state index in [-0.39, 0.29) is 31.5 Å². The molecule has 10 heteroatoms. The van der Waals surface area contributed by atoms with Gasteiger partial charge in [0.2, 0.25) is 5.91 Å². The van der Waals surface area contributed by atoms with Crippen molar-refractivity contribution >= 4 is 19.7 Å². The lowest BCUT2D eigenvalue weighted by Gasteiger charge is -2.30. The van der Waals surface area contributed by atoms with E-state index in [4.69, 9.17) is 13.8 Å². The van der Waals surface area contributed by atoms with Crippen LogP contribution in [-0.2, 0) is 27.9 Å². The zero-order chi connectivity index (χ0) is 50.1. The van der Waals surface area contributed by atoms with Crippen molar-refractivity contribution in [2.45, 2.75) is 283 Å². The fourth-order valence-electron chi connectivity index (χ4n) is 8.26. The molecule has 0 aliphatic carbocycles. The lowest BCUT2D eigenvalue weighted by atomic mass is 10.0. The summed E-state index contributed by atoms with van der Waals surface area (Å²) in [5.74, 6) is -0.549. The Morgan fingerprint density at radius 3 is 1.29 bits per heavy atom. The summed E-state index contributed by atoms with van der Waals surface area (Å²) in [6.07, 6.45) is 56.8. The monoisotopic (exact) mass is 979 g/mol. The number of nitrogens with zero attached hydrogens (tertiary/aromatic N) is 1. The number of unbranched alkanes of at least 4 members (excludes halogenated alkanes) is 32. The predicted molar refractivity (Wildman–Crippen MR) is 289 cm³/mol. The summed E-state index contributed by atoms with van der Waals surface area (Å²) in [6.45, 7) is 6.80. The summed E-state index contributed by atoms with van der Waals surface area (Å²) in [4.78, 5) is 39.8. The molecule has 9 nitrogen and oxygen atoms in total. The molecule has 0 aliphatic heterocycles. The van der Waals surface area contributed by atoms with Crippen molar-refractivity contribution in [1.82, 2.24) is 5.32 Å². The first-order valence-corrected chi connectivity index (χ1v) is 30.3. The first kappa shape index (κ1) is 66.2. The Kier molecular flexibility index (Phi) is 47.6. The SMILES string of the molecule is CCCC/C=C\CCCCCCCC(=O)NC(COP(=O)([O-])OCC[N+](C)(C)C)C(/C=C\CCCCCCCCCCCC)OC(=O)CCCCCCCCCCC/C=C/CCCCCCCC. The first-order valence-electron chi connectivity index (χ1n) is 28.8. The van der Waals surface area contributed by atoms with Gasteiger partial charge in [0.15, 0.2) is 0 Å². The molecule has 0 aromatic rings. The lowest BCUT2D eigenvalue weighted by Crippen LogP contribution is -2.47. The largest absolute Gasteiger partial charge is 0.756 e. The second kappa shape index (κ2) is 48.8. The van der Waals surface area contributed by atoms with Gasteiger partial charge in [0, 0.05) is 12.8 Å². The summed E-state index contributed by atoms with van der Waals surface area (Å²) in [5, 5.41) is 3.01. The normalized spacial score (nSPS) is 14.0. The Morgan fingerprint density at radius 1 is 0.500 bits per heavy atom. The third-order valence-corrected chi connectivity index (χ3v) is 13.8. The van der Waals surface area contributed by atoms with E-state index in [1.54, 1.807) is 0 Å². The van der Waals surface area contributed by atoms with Crippen molar-refractivity contribution in [3.8, 4) is 0 Å². The second-order valence-corrected chi connectivity index (χ2v) is 22.2. The number of amides is 1. The van der Waals surface area contributed by atoms with Crippen LogP contribution >= 0.6 is 7.82 Å². The number of hydrogen-bond donors (Lipinski definition) is 1. The maximum atomic E-state index is 13.4. The van der Waals surface area contributed by atoms with Crippen LogP contribution in [0.15, 0.2) is 36.5 Å². The molecule has 1 amide bonds. The van der Waals surface area contributed by atoms with Crippen molar-refractivity contribution in [2.75, 3.05) is 40.9 Å². The van der Waals surface area contributed by atoms with Crippen LogP contribution in [0.5, 0.6) is 0 Å². The zero-order valence-electron chi connectivity index (χ0n) is 45.6. The molecular weight excluding hydrogens is 868 g/mol. The minimum atomic E-state index is -4.69. The predicted octanol–water partition coefficient (Wildman–Crippen LogP) is 16.5. The summed E-state index contributed by atoms with van der Waals surface area (Å²) < 4.78 is 30.2. The van der Waals surface area contributed by atoms with E-state index in [0.29, 0.717) is 17.4 Å². The van der Waals surface area contributed by atoms with Crippen LogP contribution in [-0.4, -0.2) is 69.4 Å². The first-order chi connectivity index (χ1) is 32.9. The van der Waals surface area contributed by atoms with Crippen LogP contribution in [0, 0.1) is 0 Å². The van der Waals surface area contributed by atoms with Crippen LogP contribution in [0.1, 0.15) is 271 Å². The van der Waals surface area contributed by atoms with E-state index in [0.717, 1.165) is 83.5 Å². The number of phosphoric ester groups is 1. The van der Waals surface area contributed by atoms with Crippen molar-refractivity contribution in [1.29, 1.82) is 0 Å². The number of quaternary nitrogens is 1. The fraction of sp³-hybridized carbons (Fsp3) is 0.862. The highest BCUT2D eigenvalue weighted by Crippen LogP contribution is 2.38. The number of carbonyl (C=O) groups excluding carboxylic acids is 2. The zero-order valence-corrected chi connectivity index (χ0v) is 46.5. The molecule has 3 unspecified atom stereocenters. The van der Waals surface area contributed by atoms with Gasteiger partial charge in [0.25, 0.3) is 7.82 Å². The van der Waals surface area contributed by atoms with Gasteiger partial charge in [-0.2, -0.15) is 0 Å². The van der Waals surface area contributed by atoms with Crippen molar-refractivity contribution < 1.29 is 37.3 Å². The summed E-state index contributed by atoms with van der Waals surface area (Å²) in [5.41, 5.74) is 0. The number of rotatable bonds is 52. The summed E-state index contributed by atoms with van der Waals surface area (Å²) in [6, 6.07) is -0.889. The highest BCUT2D eigenvalue weighted by Gasteiger charge is 2.27. The molecule has 0 radical (unpaired) electrons. The second-order valence-electron chi connectivity index (χ2n) is 20.8. The number of phosphoric acid groups is 1. The number of allylic oxidation sites excluding steroid dienone is 5. The number of esters is 1. The molecule has 0 aromatic heterocycles. The Bertz CT molecular complexity index is 1270. The molecule has 0 saturated carbocycles. The van der Waals surface area contributed by atoms with Crippen LogP contribution in [0.2, 0.25) is 0 Å². The average molecular weight is 980 g/mol. The molecule has 0 fully saturated rings. The smallest absolute Gasteiger partial charge is 0.306 e. The molecule has 0 heterocycles. The highest BCUT2D eigenvalue weighted by molar-refractivity contribution is 7.45. The maximum Gasteiger partial charge on any atom is 0.306 e. The summed E-state index contributed by atoms with van der Waals surface area (Å²) in [7, 11) is 1.18. The number of ether oxygens (including phenoxy) is 1. The topological polar surface area (TPSA) is 114 Å². The standard InChI is InChI=1S/C58H111N2O7P/c1-7-10-13-16-19-22-25-27-28-29-30-31-32-33-36-39-42-45-48-51-58(62)67-56(49-46-43-40-37-35-26-23-20-17-14-11-8-2)55(54-66-68(63,64)65-53-52-60(4,5)6)59-57(61)50-47-44-41-38-34-24-21-18-15-12-9-3/h18,21,27-28,46,49,55-56H,7-17,19-20,22-26,29-45,47-48,50-54H2,1-6H3,(H-,59,61,63,64)/b21-18-,28-27+,49-46-. The van der Waals surface area contributed by atoms with Crippen LogP contribution < -0.4 is 10.2 Å². The van der Waals surface area contributed by atoms with Crippen molar-refractivity contribution in [3.05, 3.63) is 36.5 Å². The fourth-order valence-corrected chi connectivity index (χ4v) is 8.99. The molecule has 0 aromatic carbocycles.